The molecule has 0 fully saturated rings. The van der Waals surface area contributed by atoms with Crippen LogP contribution in [0.2, 0.25) is 5.02 Å². The van der Waals surface area contributed by atoms with Gasteiger partial charge in [0.2, 0.25) is 0 Å². The van der Waals surface area contributed by atoms with Crippen LogP contribution in [0.25, 0.3) is 0 Å². The highest BCUT2D eigenvalue weighted by molar-refractivity contribution is 6.33. The first-order chi connectivity index (χ1) is 12.2. The Balaban J connectivity index is 1.59. The normalized spacial score (nSPS) is 14.0. The highest BCUT2D eigenvalue weighted by Gasteiger charge is 2.43. The number of rotatable bonds is 4. The second kappa shape index (κ2) is 6.75. The van der Waals surface area contributed by atoms with Crippen molar-refractivity contribution >= 4 is 29.2 Å². The fourth-order valence-electron chi connectivity index (χ4n) is 2.12. The van der Waals surface area contributed by atoms with E-state index in [2.05, 4.69) is 14.8 Å². The van der Waals surface area contributed by atoms with Crippen molar-refractivity contribution in [2.24, 2.45) is 0 Å². The first kappa shape index (κ1) is 17.9. The van der Waals surface area contributed by atoms with E-state index in [1.54, 1.807) is 0 Å². The maximum atomic E-state index is 13.6. The number of benzene rings is 2. The van der Waals surface area contributed by atoms with Gasteiger partial charge in [0.05, 0.1) is 5.02 Å². The Hall–Kier alpha value is -2.94. The number of amides is 1. The minimum atomic E-state index is -3.78. The van der Waals surface area contributed by atoms with Crippen molar-refractivity contribution in [2.45, 2.75) is 6.29 Å². The molecule has 0 radical (unpaired) electrons. The summed E-state index contributed by atoms with van der Waals surface area (Å²) in [5.41, 5.74) is -0.387. The van der Waals surface area contributed by atoms with Crippen LogP contribution in [0.3, 0.4) is 0 Å². The monoisotopic (exact) mass is 387 g/mol. The summed E-state index contributed by atoms with van der Waals surface area (Å²) in [5.74, 6) is -3.24. The number of halogens is 4. The van der Waals surface area contributed by atoms with Gasteiger partial charge >= 0.3 is 12.3 Å². The second-order valence-electron chi connectivity index (χ2n) is 5.05. The number of ether oxygens (including phenoxy) is 3. The minimum Gasteiger partial charge on any atom is -0.452 e. The fraction of sp³-hybridized carbons (Fsp3) is 0.125. The number of esters is 1. The third-order valence-corrected chi connectivity index (χ3v) is 3.50. The zero-order valence-corrected chi connectivity index (χ0v) is 13.5. The number of nitrogens with one attached hydrogen (secondary N) is 1. The summed E-state index contributed by atoms with van der Waals surface area (Å²) in [7, 11) is 0. The number of alkyl halides is 2. The molecule has 6 nitrogen and oxygen atoms in total. The van der Waals surface area contributed by atoms with Gasteiger partial charge in [0.15, 0.2) is 18.1 Å². The average molecular weight is 388 g/mol. The number of hydrogen-bond acceptors (Lipinski definition) is 5. The summed E-state index contributed by atoms with van der Waals surface area (Å²) < 4.78 is 52.6. The number of fused-ring (bicyclic) bond motifs is 1. The molecule has 0 atom stereocenters. The molecule has 1 aliphatic rings. The van der Waals surface area contributed by atoms with Crippen LogP contribution in [-0.4, -0.2) is 24.8 Å². The van der Waals surface area contributed by atoms with Gasteiger partial charge in [-0.2, -0.15) is 0 Å². The van der Waals surface area contributed by atoms with Crippen molar-refractivity contribution < 1.29 is 37.0 Å². The molecule has 136 valence electrons. The van der Waals surface area contributed by atoms with E-state index in [0.29, 0.717) is 0 Å². The van der Waals surface area contributed by atoms with Crippen molar-refractivity contribution in [1.82, 2.24) is 0 Å². The molecule has 10 heteroatoms. The van der Waals surface area contributed by atoms with Crippen LogP contribution in [0.1, 0.15) is 10.4 Å². The topological polar surface area (TPSA) is 73.9 Å². The first-order valence-corrected chi connectivity index (χ1v) is 7.44. The van der Waals surface area contributed by atoms with Gasteiger partial charge in [0.1, 0.15) is 11.4 Å². The number of anilines is 1. The molecule has 2 aromatic rings. The number of hydrogen-bond donors (Lipinski definition) is 1. The lowest BCUT2D eigenvalue weighted by molar-refractivity contribution is -0.286. The standard InChI is InChI=1S/C16H9ClF3NO5/c17-9-2-1-3-10(18)14(9)15(23)24-7-13(22)21-8-4-5-11-12(6-8)26-16(19,20)25-11/h1-6H,7H2,(H,21,22). The summed E-state index contributed by atoms with van der Waals surface area (Å²) >= 11 is 5.72. The highest BCUT2D eigenvalue weighted by atomic mass is 35.5. The summed E-state index contributed by atoms with van der Waals surface area (Å²) in [4.78, 5) is 23.6. The van der Waals surface area contributed by atoms with Crippen LogP contribution in [0.15, 0.2) is 36.4 Å². The van der Waals surface area contributed by atoms with Crippen LogP contribution < -0.4 is 14.8 Å². The lowest BCUT2D eigenvalue weighted by Crippen LogP contribution is -2.25. The van der Waals surface area contributed by atoms with Gasteiger partial charge in [0, 0.05) is 11.8 Å². The molecular formula is C16H9ClF3NO5. The van der Waals surface area contributed by atoms with E-state index in [4.69, 9.17) is 16.3 Å². The van der Waals surface area contributed by atoms with E-state index >= 15 is 0 Å². The molecule has 0 saturated carbocycles. The zero-order chi connectivity index (χ0) is 18.9. The van der Waals surface area contributed by atoms with Crippen molar-refractivity contribution in [1.29, 1.82) is 0 Å². The lowest BCUT2D eigenvalue weighted by atomic mass is 10.2. The minimum absolute atomic E-state index is 0.107. The lowest BCUT2D eigenvalue weighted by Gasteiger charge is -2.08. The Morgan fingerprint density at radius 3 is 2.62 bits per heavy atom. The van der Waals surface area contributed by atoms with Gasteiger partial charge in [-0.1, -0.05) is 17.7 Å². The third-order valence-electron chi connectivity index (χ3n) is 3.19. The Morgan fingerprint density at radius 2 is 1.88 bits per heavy atom. The molecule has 3 rings (SSSR count). The molecule has 0 saturated heterocycles. The Kier molecular flexibility index (Phi) is 4.64. The molecule has 1 N–H and O–H groups in total. The molecule has 1 amide bonds. The van der Waals surface area contributed by atoms with Gasteiger partial charge in [-0.15, -0.1) is 8.78 Å². The molecule has 26 heavy (non-hydrogen) atoms. The van der Waals surface area contributed by atoms with Gasteiger partial charge in [0.25, 0.3) is 5.91 Å². The first-order valence-electron chi connectivity index (χ1n) is 7.06. The van der Waals surface area contributed by atoms with Crippen molar-refractivity contribution in [2.75, 3.05) is 11.9 Å². The Bertz CT molecular complexity index is 870. The average Bonchev–Trinajstić information content (AvgIpc) is 2.86. The van der Waals surface area contributed by atoms with Crippen LogP contribution in [0.5, 0.6) is 11.5 Å². The van der Waals surface area contributed by atoms with Crippen LogP contribution >= 0.6 is 11.6 Å². The van der Waals surface area contributed by atoms with E-state index in [1.807, 2.05) is 0 Å². The summed E-state index contributed by atoms with van der Waals surface area (Å²) in [6, 6.07) is 7.21. The molecule has 1 heterocycles. The van der Waals surface area contributed by atoms with E-state index in [1.165, 1.54) is 24.3 Å². The molecule has 0 spiro atoms. The predicted octanol–water partition coefficient (Wildman–Crippen LogP) is 3.60. The molecule has 0 unspecified atom stereocenters. The van der Waals surface area contributed by atoms with E-state index in [0.717, 1.165) is 12.1 Å². The molecule has 2 aromatic carbocycles. The maximum Gasteiger partial charge on any atom is 0.586 e. The van der Waals surface area contributed by atoms with Gasteiger partial charge < -0.3 is 19.5 Å². The summed E-state index contributed by atoms with van der Waals surface area (Å²) in [5, 5.41) is 2.15. The quantitative estimate of drug-likeness (QED) is 0.811. The molecule has 1 aliphatic heterocycles. The van der Waals surface area contributed by atoms with Gasteiger partial charge in [-0.25, -0.2) is 9.18 Å². The molecule has 0 bridgehead atoms. The Labute approximate surface area is 149 Å². The third kappa shape index (κ3) is 3.83. The Morgan fingerprint density at radius 1 is 1.15 bits per heavy atom. The summed E-state index contributed by atoms with van der Waals surface area (Å²) in [6.07, 6.45) is -3.78. The van der Waals surface area contributed by atoms with Gasteiger partial charge in [-0.3, -0.25) is 4.79 Å². The molecule has 0 aromatic heterocycles. The van der Waals surface area contributed by atoms with Crippen LogP contribution in [0, 0.1) is 5.82 Å². The molecule has 0 aliphatic carbocycles. The SMILES string of the molecule is O=C(COC(=O)c1c(F)cccc1Cl)Nc1ccc2c(c1)OC(F)(F)O2. The largest absolute Gasteiger partial charge is 0.586 e. The van der Waals surface area contributed by atoms with Crippen LogP contribution in [0.4, 0.5) is 18.9 Å². The van der Waals surface area contributed by atoms with Gasteiger partial charge in [-0.05, 0) is 24.3 Å². The van der Waals surface area contributed by atoms with Crippen molar-refractivity contribution in [3.05, 3.63) is 52.8 Å². The van der Waals surface area contributed by atoms with E-state index < -0.39 is 36.2 Å². The number of carbonyl (C=O) groups is 2. The van der Waals surface area contributed by atoms with Crippen molar-refractivity contribution in [3.63, 3.8) is 0 Å². The van der Waals surface area contributed by atoms with Crippen LogP contribution in [-0.2, 0) is 9.53 Å². The fourth-order valence-corrected chi connectivity index (χ4v) is 2.36. The predicted molar refractivity (Wildman–Crippen MR) is 83.0 cm³/mol. The van der Waals surface area contributed by atoms with Crippen molar-refractivity contribution in [3.8, 4) is 11.5 Å². The number of carbonyl (C=O) groups excluding carboxylic acids is 2. The zero-order valence-electron chi connectivity index (χ0n) is 12.7. The van der Waals surface area contributed by atoms with E-state index in [9.17, 15) is 22.8 Å². The maximum absolute atomic E-state index is 13.6. The summed E-state index contributed by atoms with van der Waals surface area (Å²) in [6.45, 7) is -0.742. The second-order valence-corrected chi connectivity index (χ2v) is 5.46. The smallest absolute Gasteiger partial charge is 0.452 e. The van der Waals surface area contributed by atoms with E-state index in [-0.39, 0.29) is 22.2 Å². The molecular weight excluding hydrogens is 379 g/mol. The highest BCUT2D eigenvalue weighted by Crippen LogP contribution is 2.42.